The number of benzene rings is 1. The van der Waals surface area contributed by atoms with E-state index in [-0.39, 0.29) is 29.8 Å². The number of hydrogen-bond acceptors (Lipinski definition) is 5. The normalized spacial score (nSPS) is 25.5. The lowest BCUT2D eigenvalue weighted by molar-refractivity contribution is -0.384. The Labute approximate surface area is 147 Å². The molecule has 1 saturated heterocycles. The molecule has 2 aliphatic rings. The monoisotopic (exact) mass is 347 g/mol. The third kappa shape index (κ3) is 3.92. The van der Waals surface area contributed by atoms with Crippen LogP contribution in [-0.2, 0) is 4.74 Å². The van der Waals surface area contributed by atoms with Gasteiger partial charge in [0, 0.05) is 36.2 Å². The molecule has 1 aliphatic carbocycles. The highest BCUT2D eigenvalue weighted by atomic mass is 16.6. The number of ether oxygens (including phenoxy) is 1. The highest BCUT2D eigenvalue weighted by Gasteiger charge is 2.38. The van der Waals surface area contributed by atoms with Crippen molar-refractivity contribution in [2.45, 2.75) is 57.7 Å². The number of amides is 1. The zero-order valence-electron chi connectivity index (χ0n) is 14.7. The molecule has 3 atom stereocenters. The molecule has 3 rings (SSSR count). The van der Waals surface area contributed by atoms with E-state index in [1.165, 1.54) is 6.07 Å². The summed E-state index contributed by atoms with van der Waals surface area (Å²) in [4.78, 5) is 23.2. The maximum atomic E-state index is 12.1. The van der Waals surface area contributed by atoms with Gasteiger partial charge >= 0.3 is 0 Å². The Kier molecular flexibility index (Phi) is 5.22. The summed E-state index contributed by atoms with van der Waals surface area (Å²) in [5.74, 6) is 0.101. The first kappa shape index (κ1) is 17.7. The molecule has 1 amide bonds. The Morgan fingerprint density at radius 3 is 2.84 bits per heavy atom. The van der Waals surface area contributed by atoms with Crippen LogP contribution in [0.5, 0.6) is 0 Å². The number of fused-ring (bicyclic) bond motifs is 1. The Morgan fingerprint density at radius 1 is 1.32 bits per heavy atom. The second-order valence-corrected chi connectivity index (χ2v) is 7.16. The molecule has 7 heteroatoms. The number of carbonyl (C=O) groups excluding carboxylic acids is 1. The van der Waals surface area contributed by atoms with Gasteiger partial charge in [-0.2, -0.15) is 0 Å². The summed E-state index contributed by atoms with van der Waals surface area (Å²) < 4.78 is 5.76. The zero-order chi connectivity index (χ0) is 18.0. The van der Waals surface area contributed by atoms with Gasteiger partial charge in [-0.1, -0.05) is 0 Å². The summed E-state index contributed by atoms with van der Waals surface area (Å²) in [5.41, 5.74) is 0.720. The second kappa shape index (κ2) is 7.39. The van der Waals surface area contributed by atoms with E-state index in [0.29, 0.717) is 17.2 Å². The predicted octanol–water partition coefficient (Wildman–Crippen LogP) is 3.10. The zero-order valence-corrected chi connectivity index (χ0v) is 14.7. The van der Waals surface area contributed by atoms with Crippen molar-refractivity contribution in [2.24, 2.45) is 5.92 Å². The lowest BCUT2D eigenvalue weighted by atomic mass is 9.81. The maximum absolute atomic E-state index is 12.1. The molecule has 0 bridgehead atoms. The lowest BCUT2D eigenvalue weighted by Crippen LogP contribution is -2.38. The van der Waals surface area contributed by atoms with Crippen LogP contribution in [0.4, 0.5) is 11.4 Å². The largest absolute Gasteiger partial charge is 0.378 e. The fourth-order valence-electron chi connectivity index (χ4n) is 3.85. The van der Waals surface area contributed by atoms with Crippen molar-refractivity contribution >= 4 is 17.3 Å². The summed E-state index contributed by atoms with van der Waals surface area (Å²) in [5, 5.41) is 17.6. The van der Waals surface area contributed by atoms with Gasteiger partial charge in [0.25, 0.3) is 11.6 Å². The fraction of sp³-hybridized carbons (Fsp3) is 0.611. The quantitative estimate of drug-likeness (QED) is 0.630. The summed E-state index contributed by atoms with van der Waals surface area (Å²) in [6.45, 7) is 4.47. The van der Waals surface area contributed by atoms with Crippen molar-refractivity contribution in [1.29, 1.82) is 0 Å². The van der Waals surface area contributed by atoms with E-state index in [9.17, 15) is 14.9 Å². The standard InChI is InChI=1S/C18H25N3O4/c1-11(2)19-18(22)12-6-7-15(16(10-12)21(23)24)20-14-4-3-5-17-13(14)8-9-25-17/h6-7,10-11,13-14,17,20H,3-5,8-9H2,1-2H3,(H,19,22). The number of anilines is 1. The second-order valence-electron chi connectivity index (χ2n) is 7.16. The highest BCUT2D eigenvalue weighted by molar-refractivity contribution is 5.95. The van der Waals surface area contributed by atoms with Gasteiger partial charge in [0.1, 0.15) is 5.69 Å². The van der Waals surface area contributed by atoms with Crippen molar-refractivity contribution in [3.8, 4) is 0 Å². The Balaban J connectivity index is 1.81. The smallest absolute Gasteiger partial charge is 0.293 e. The Morgan fingerprint density at radius 2 is 2.12 bits per heavy atom. The van der Waals surface area contributed by atoms with E-state index in [4.69, 9.17) is 4.74 Å². The first-order valence-electron chi connectivity index (χ1n) is 8.93. The molecular formula is C18H25N3O4. The summed E-state index contributed by atoms with van der Waals surface area (Å²) in [7, 11) is 0. The number of nitrogens with one attached hydrogen (secondary N) is 2. The SMILES string of the molecule is CC(C)NC(=O)c1ccc(NC2CCCC3OCCC23)c([N+](=O)[O-])c1. The van der Waals surface area contributed by atoms with E-state index >= 15 is 0 Å². The number of nitrogens with zero attached hydrogens (tertiary/aromatic N) is 1. The van der Waals surface area contributed by atoms with Gasteiger partial charge in [0.05, 0.1) is 11.0 Å². The van der Waals surface area contributed by atoms with Gasteiger partial charge in [0.15, 0.2) is 0 Å². The van der Waals surface area contributed by atoms with E-state index in [2.05, 4.69) is 10.6 Å². The van der Waals surface area contributed by atoms with E-state index in [0.717, 1.165) is 32.3 Å². The fourth-order valence-corrected chi connectivity index (χ4v) is 3.85. The van der Waals surface area contributed by atoms with Crippen LogP contribution < -0.4 is 10.6 Å². The van der Waals surface area contributed by atoms with E-state index in [1.54, 1.807) is 12.1 Å². The molecule has 3 unspecified atom stereocenters. The van der Waals surface area contributed by atoms with E-state index in [1.807, 2.05) is 13.8 Å². The number of carbonyl (C=O) groups is 1. The lowest BCUT2D eigenvalue weighted by Gasteiger charge is -2.33. The van der Waals surface area contributed by atoms with Gasteiger partial charge in [-0.05, 0) is 51.7 Å². The first-order valence-corrected chi connectivity index (χ1v) is 8.93. The minimum absolute atomic E-state index is 0.0223. The molecule has 1 aromatic rings. The van der Waals surface area contributed by atoms with E-state index < -0.39 is 4.92 Å². The third-order valence-corrected chi connectivity index (χ3v) is 5.00. The van der Waals surface area contributed by atoms with Crippen LogP contribution in [-0.4, -0.2) is 35.6 Å². The molecule has 7 nitrogen and oxygen atoms in total. The van der Waals surface area contributed by atoms with Crippen LogP contribution in [0.3, 0.4) is 0 Å². The molecule has 1 aromatic carbocycles. The molecule has 0 spiro atoms. The Bertz CT molecular complexity index is 662. The molecule has 1 aliphatic heterocycles. The van der Waals surface area contributed by atoms with Crippen LogP contribution in [0.15, 0.2) is 18.2 Å². The maximum Gasteiger partial charge on any atom is 0.293 e. The van der Waals surface area contributed by atoms with Crippen LogP contribution >= 0.6 is 0 Å². The van der Waals surface area contributed by atoms with Crippen LogP contribution in [0, 0.1) is 16.0 Å². The minimum Gasteiger partial charge on any atom is -0.378 e. The van der Waals surface area contributed by atoms with Crippen molar-refractivity contribution in [1.82, 2.24) is 5.32 Å². The molecular weight excluding hydrogens is 322 g/mol. The summed E-state index contributed by atoms with van der Waals surface area (Å²) >= 11 is 0. The van der Waals surface area contributed by atoms with Crippen LogP contribution in [0.25, 0.3) is 0 Å². The molecule has 2 fully saturated rings. The average Bonchev–Trinajstić information content (AvgIpc) is 3.04. The van der Waals surface area contributed by atoms with Crippen molar-refractivity contribution < 1.29 is 14.5 Å². The minimum atomic E-state index is -0.431. The molecule has 136 valence electrons. The summed E-state index contributed by atoms with van der Waals surface area (Å²) in [6, 6.07) is 4.79. The van der Waals surface area contributed by atoms with Crippen molar-refractivity contribution in [3.05, 3.63) is 33.9 Å². The van der Waals surface area contributed by atoms with Crippen molar-refractivity contribution in [3.63, 3.8) is 0 Å². The van der Waals surface area contributed by atoms with Crippen LogP contribution in [0.2, 0.25) is 0 Å². The molecule has 0 radical (unpaired) electrons. The molecule has 1 saturated carbocycles. The number of hydrogen-bond donors (Lipinski definition) is 2. The van der Waals surface area contributed by atoms with Gasteiger partial charge in [0.2, 0.25) is 0 Å². The predicted molar refractivity (Wildman–Crippen MR) is 94.8 cm³/mol. The Hall–Kier alpha value is -2.15. The first-order chi connectivity index (χ1) is 12.0. The topological polar surface area (TPSA) is 93.5 Å². The van der Waals surface area contributed by atoms with Gasteiger partial charge < -0.3 is 15.4 Å². The average molecular weight is 347 g/mol. The number of rotatable bonds is 5. The number of nitro benzene ring substituents is 1. The third-order valence-electron chi connectivity index (χ3n) is 5.00. The number of nitro groups is 1. The van der Waals surface area contributed by atoms with Gasteiger partial charge in [-0.15, -0.1) is 0 Å². The van der Waals surface area contributed by atoms with Gasteiger partial charge in [-0.25, -0.2) is 0 Å². The molecule has 1 heterocycles. The van der Waals surface area contributed by atoms with Crippen LogP contribution in [0.1, 0.15) is 49.9 Å². The van der Waals surface area contributed by atoms with Gasteiger partial charge in [-0.3, -0.25) is 14.9 Å². The highest BCUT2D eigenvalue weighted by Crippen LogP contribution is 2.37. The summed E-state index contributed by atoms with van der Waals surface area (Å²) in [6.07, 6.45) is 4.37. The molecule has 2 N–H and O–H groups in total. The van der Waals surface area contributed by atoms with Crippen molar-refractivity contribution in [2.75, 3.05) is 11.9 Å². The molecule has 0 aromatic heterocycles. The molecule has 25 heavy (non-hydrogen) atoms.